The van der Waals surface area contributed by atoms with Gasteiger partial charge in [-0.2, -0.15) is 0 Å². The highest BCUT2D eigenvalue weighted by molar-refractivity contribution is 4.98. The Morgan fingerprint density at radius 2 is 2.35 bits per heavy atom. The first-order valence-corrected chi connectivity index (χ1v) is 6.74. The lowest BCUT2D eigenvalue weighted by molar-refractivity contribution is 0.101. The van der Waals surface area contributed by atoms with Gasteiger partial charge in [0.15, 0.2) is 0 Å². The van der Waals surface area contributed by atoms with Crippen LogP contribution in [0.15, 0.2) is 22.8 Å². The van der Waals surface area contributed by atoms with Crippen LogP contribution in [0.5, 0.6) is 0 Å². The smallest absolute Gasteiger partial charge is 0.103 e. The predicted molar refractivity (Wildman–Crippen MR) is 67.8 cm³/mol. The highest BCUT2D eigenvalue weighted by Crippen LogP contribution is 2.18. The van der Waals surface area contributed by atoms with Crippen molar-refractivity contribution in [1.29, 1.82) is 0 Å². The SMILES string of the molecule is NC(CCCC1CCCO1)CCc1ccco1. The molecule has 0 saturated carbocycles. The zero-order chi connectivity index (χ0) is 11.9. The summed E-state index contributed by atoms with van der Waals surface area (Å²) in [7, 11) is 0. The standard InChI is InChI=1S/C14H23NO2/c15-12(8-9-14-7-3-11-17-14)4-1-5-13-6-2-10-16-13/h3,7,11-13H,1-2,4-6,8-10,15H2. The average molecular weight is 237 g/mol. The molecule has 0 spiro atoms. The first-order valence-electron chi connectivity index (χ1n) is 6.74. The van der Waals surface area contributed by atoms with Crippen LogP contribution >= 0.6 is 0 Å². The number of nitrogens with two attached hydrogens (primary N) is 1. The van der Waals surface area contributed by atoms with Crippen LogP contribution in [0.2, 0.25) is 0 Å². The lowest BCUT2D eigenvalue weighted by Crippen LogP contribution is -2.21. The third-order valence-electron chi connectivity index (χ3n) is 3.47. The molecule has 1 saturated heterocycles. The summed E-state index contributed by atoms with van der Waals surface area (Å²) in [6.45, 7) is 0.954. The van der Waals surface area contributed by atoms with E-state index in [0.717, 1.165) is 31.6 Å². The van der Waals surface area contributed by atoms with E-state index < -0.39 is 0 Å². The minimum Gasteiger partial charge on any atom is -0.469 e. The Morgan fingerprint density at radius 1 is 1.41 bits per heavy atom. The Kier molecular flexibility index (Phi) is 5.08. The average Bonchev–Trinajstić information content (AvgIpc) is 2.99. The van der Waals surface area contributed by atoms with E-state index >= 15 is 0 Å². The molecule has 17 heavy (non-hydrogen) atoms. The van der Waals surface area contributed by atoms with E-state index in [1.807, 2.05) is 12.1 Å². The maximum atomic E-state index is 6.09. The highest BCUT2D eigenvalue weighted by atomic mass is 16.5. The lowest BCUT2D eigenvalue weighted by atomic mass is 10.0. The summed E-state index contributed by atoms with van der Waals surface area (Å²) in [6, 6.07) is 4.23. The minimum absolute atomic E-state index is 0.293. The normalized spacial score (nSPS) is 21.8. The number of aryl methyl sites for hydroxylation is 1. The fraction of sp³-hybridized carbons (Fsp3) is 0.714. The fourth-order valence-corrected chi connectivity index (χ4v) is 2.41. The predicted octanol–water partition coefficient (Wildman–Crippen LogP) is 2.89. The van der Waals surface area contributed by atoms with Crippen LogP contribution in [0.4, 0.5) is 0 Å². The van der Waals surface area contributed by atoms with Gasteiger partial charge in [0.1, 0.15) is 5.76 Å². The molecular weight excluding hydrogens is 214 g/mol. The molecule has 96 valence electrons. The summed E-state index contributed by atoms with van der Waals surface area (Å²) in [6.07, 6.45) is 10.1. The Balaban J connectivity index is 1.52. The lowest BCUT2D eigenvalue weighted by Gasteiger charge is -2.13. The van der Waals surface area contributed by atoms with Crippen LogP contribution in [0.3, 0.4) is 0 Å². The van der Waals surface area contributed by atoms with Gasteiger partial charge in [0.2, 0.25) is 0 Å². The number of rotatable bonds is 7. The Labute approximate surface area is 103 Å². The van der Waals surface area contributed by atoms with E-state index in [9.17, 15) is 0 Å². The Morgan fingerprint density at radius 3 is 3.06 bits per heavy atom. The van der Waals surface area contributed by atoms with Crippen LogP contribution < -0.4 is 5.73 Å². The van der Waals surface area contributed by atoms with Gasteiger partial charge in [0.05, 0.1) is 12.4 Å². The number of furan rings is 1. The summed E-state index contributed by atoms with van der Waals surface area (Å²) in [4.78, 5) is 0. The van der Waals surface area contributed by atoms with E-state index in [-0.39, 0.29) is 0 Å². The molecule has 1 aliphatic rings. The van der Waals surface area contributed by atoms with Crippen molar-refractivity contribution in [2.45, 2.75) is 57.1 Å². The van der Waals surface area contributed by atoms with Gasteiger partial charge >= 0.3 is 0 Å². The number of ether oxygens (including phenoxy) is 1. The third-order valence-corrected chi connectivity index (χ3v) is 3.47. The number of hydrogen-bond acceptors (Lipinski definition) is 3. The van der Waals surface area contributed by atoms with Gasteiger partial charge in [-0.3, -0.25) is 0 Å². The van der Waals surface area contributed by atoms with Crippen molar-refractivity contribution in [3.05, 3.63) is 24.2 Å². The zero-order valence-electron chi connectivity index (χ0n) is 10.4. The van der Waals surface area contributed by atoms with Crippen molar-refractivity contribution in [3.63, 3.8) is 0 Å². The molecule has 2 unspecified atom stereocenters. The molecule has 0 amide bonds. The monoisotopic (exact) mass is 237 g/mol. The van der Waals surface area contributed by atoms with Crippen molar-refractivity contribution in [2.24, 2.45) is 5.73 Å². The van der Waals surface area contributed by atoms with Crippen LogP contribution in [-0.2, 0) is 11.2 Å². The molecule has 1 aromatic heterocycles. The molecule has 1 fully saturated rings. The van der Waals surface area contributed by atoms with Crippen molar-refractivity contribution in [2.75, 3.05) is 6.61 Å². The topological polar surface area (TPSA) is 48.4 Å². The zero-order valence-corrected chi connectivity index (χ0v) is 10.4. The molecule has 0 aromatic carbocycles. The maximum absolute atomic E-state index is 6.09. The van der Waals surface area contributed by atoms with Crippen LogP contribution in [0.25, 0.3) is 0 Å². The quantitative estimate of drug-likeness (QED) is 0.793. The molecule has 2 N–H and O–H groups in total. The van der Waals surface area contributed by atoms with Gasteiger partial charge in [0, 0.05) is 19.1 Å². The van der Waals surface area contributed by atoms with Gasteiger partial charge < -0.3 is 14.9 Å². The molecule has 0 bridgehead atoms. The second-order valence-corrected chi connectivity index (χ2v) is 4.94. The van der Waals surface area contributed by atoms with Crippen LogP contribution in [-0.4, -0.2) is 18.8 Å². The van der Waals surface area contributed by atoms with Crippen molar-refractivity contribution >= 4 is 0 Å². The van der Waals surface area contributed by atoms with E-state index in [4.69, 9.17) is 14.9 Å². The molecular formula is C14H23NO2. The minimum atomic E-state index is 0.293. The van der Waals surface area contributed by atoms with Crippen LogP contribution in [0, 0.1) is 0 Å². The van der Waals surface area contributed by atoms with Gasteiger partial charge in [-0.1, -0.05) is 0 Å². The van der Waals surface area contributed by atoms with Gasteiger partial charge in [-0.25, -0.2) is 0 Å². The molecule has 1 aliphatic heterocycles. The molecule has 1 aromatic rings. The van der Waals surface area contributed by atoms with E-state index in [0.29, 0.717) is 12.1 Å². The van der Waals surface area contributed by atoms with Crippen molar-refractivity contribution in [3.8, 4) is 0 Å². The highest BCUT2D eigenvalue weighted by Gasteiger charge is 2.15. The third kappa shape index (κ3) is 4.52. The summed E-state index contributed by atoms with van der Waals surface area (Å²) >= 11 is 0. The molecule has 2 atom stereocenters. The first-order chi connectivity index (χ1) is 8.34. The molecule has 3 heteroatoms. The maximum Gasteiger partial charge on any atom is 0.103 e. The van der Waals surface area contributed by atoms with Crippen molar-refractivity contribution in [1.82, 2.24) is 0 Å². The molecule has 0 radical (unpaired) electrons. The second-order valence-electron chi connectivity index (χ2n) is 4.94. The fourth-order valence-electron chi connectivity index (χ4n) is 2.41. The van der Waals surface area contributed by atoms with Gasteiger partial charge in [-0.05, 0) is 50.7 Å². The van der Waals surface area contributed by atoms with E-state index in [2.05, 4.69) is 0 Å². The Hall–Kier alpha value is -0.800. The Bertz CT molecular complexity index is 291. The van der Waals surface area contributed by atoms with Crippen molar-refractivity contribution < 1.29 is 9.15 Å². The van der Waals surface area contributed by atoms with Crippen LogP contribution in [0.1, 0.15) is 44.3 Å². The molecule has 2 rings (SSSR count). The van der Waals surface area contributed by atoms with E-state index in [1.54, 1.807) is 6.26 Å². The summed E-state index contributed by atoms with van der Waals surface area (Å²) < 4.78 is 10.9. The molecule has 0 aliphatic carbocycles. The summed E-state index contributed by atoms with van der Waals surface area (Å²) in [5.41, 5.74) is 6.09. The summed E-state index contributed by atoms with van der Waals surface area (Å²) in [5.74, 6) is 1.04. The molecule has 3 nitrogen and oxygen atoms in total. The van der Waals surface area contributed by atoms with Gasteiger partial charge in [-0.15, -0.1) is 0 Å². The first kappa shape index (κ1) is 12.7. The second kappa shape index (κ2) is 6.82. The molecule has 2 heterocycles. The largest absolute Gasteiger partial charge is 0.469 e. The van der Waals surface area contributed by atoms with E-state index in [1.165, 1.54) is 25.7 Å². The number of hydrogen-bond donors (Lipinski definition) is 1. The summed E-state index contributed by atoms with van der Waals surface area (Å²) in [5, 5.41) is 0. The van der Waals surface area contributed by atoms with Gasteiger partial charge in [0.25, 0.3) is 0 Å².